The number of rotatable bonds is 6. The monoisotopic (exact) mass is 383 g/mol. The molecule has 0 spiro atoms. The number of anilines is 1. The molecule has 0 bridgehead atoms. The number of thiazole rings is 1. The number of benzene rings is 1. The van der Waals surface area contributed by atoms with E-state index < -0.39 is 0 Å². The van der Waals surface area contributed by atoms with Crippen LogP contribution in [0.4, 0.5) is 5.13 Å². The predicted octanol–water partition coefficient (Wildman–Crippen LogP) is 4.03. The van der Waals surface area contributed by atoms with Gasteiger partial charge in [0.25, 0.3) is 5.91 Å². The summed E-state index contributed by atoms with van der Waals surface area (Å²) in [6, 6.07) is 9.50. The highest BCUT2D eigenvalue weighted by atomic mass is 32.1. The Morgan fingerprint density at radius 2 is 2.00 bits per heavy atom. The molecular weight excluding hydrogens is 362 g/mol. The Labute approximate surface area is 161 Å². The minimum Gasteiger partial charge on any atom is -0.469 e. The molecule has 1 aromatic carbocycles. The van der Waals surface area contributed by atoms with Crippen molar-refractivity contribution in [1.29, 1.82) is 0 Å². The number of hydrogen-bond acceptors (Lipinski definition) is 5. The van der Waals surface area contributed by atoms with E-state index in [1.807, 2.05) is 38.1 Å². The number of aryl methyl sites for hydroxylation is 2. The minimum absolute atomic E-state index is 0.0828. The smallest absolute Gasteiger partial charge is 0.260 e. The second kappa shape index (κ2) is 8.18. The molecule has 7 heteroatoms. The Balaban J connectivity index is 1.57. The fraction of sp³-hybridized carbons (Fsp3) is 0.250. The lowest BCUT2D eigenvalue weighted by Gasteiger charge is -2.16. The van der Waals surface area contributed by atoms with E-state index in [4.69, 9.17) is 4.42 Å². The SMILES string of the molecule is Cc1ccccc1[C@@H](C)NC(=O)Cc1csc(NC(=O)c2ccoc2C)n1. The lowest BCUT2D eigenvalue weighted by molar-refractivity contribution is -0.121. The van der Waals surface area contributed by atoms with Gasteiger partial charge in [0, 0.05) is 5.38 Å². The van der Waals surface area contributed by atoms with E-state index in [-0.39, 0.29) is 24.3 Å². The van der Waals surface area contributed by atoms with Gasteiger partial charge < -0.3 is 9.73 Å². The highest BCUT2D eigenvalue weighted by molar-refractivity contribution is 7.14. The van der Waals surface area contributed by atoms with E-state index in [1.54, 1.807) is 18.4 Å². The number of nitrogens with one attached hydrogen (secondary N) is 2. The van der Waals surface area contributed by atoms with Crippen molar-refractivity contribution < 1.29 is 14.0 Å². The van der Waals surface area contributed by atoms with E-state index >= 15 is 0 Å². The van der Waals surface area contributed by atoms with Gasteiger partial charge in [0.05, 0.1) is 30.0 Å². The van der Waals surface area contributed by atoms with Gasteiger partial charge in [-0.2, -0.15) is 0 Å². The number of carbonyl (C=O) groups is 2. The Morgan fingerprint density at radius 1 is 1.22 bits per heavy atom. The lowest BCUT2D eigenvalue weighted by Crippen LogP contribution is -2.28. The molecule has 0 saturated carbocycles. The third-order valence-corrected chi connectivity index (χ3v) is 5.06. The topological polar surface area (TPSA) is 84.2 Å². The number of furan rings is 1. The van der Waals surface area contributed by atoms with E-state index in [2.05, 4.69) is 15.6 Å². The third-order valence-electron chi connectivity index (χ3n) is 4.25. The first-order chi connectivity index (χ1) is 12.9. The Bertz CT molecular complexity index is 961. The molecule has 0 aliphatic rings. The van der Waals surface area contributed by atoms with Crippen molar-refractivity contribution in [3.63, 3.8) is 0 Å². The lowest BCUT2D eigenvalue weighted by atomic mass is 10.0. The molecule has 2 N–H and O–H groups in total. The maximum absolute atomic E-state index is 12.3. The molecule has 140 valence electrons. The number of nitrogens with zero attached hydrogens (tertiary/aromatic N) is 1. The second-order valence-corrected chi connectivity index (χ2v) is 7.17. The van der Waals surface area contributed by atoms with Crippen LogP contribution in [-0.2, 0) is 11.2 Å². The van der Waals surface area contributed by atoms with E-state index in [9.17, 15) is 9.59 Å². The van der Waals surface area contributed by atoms with Gasteiger partial charge in [0.1, 0.15) is 5.76 Å². The number of hydrogen-bond donors (Lipinski definition) is 2. The number of carbonyl (C=O) groups excluding carboxylic acids is 2. The average molecular weight is 383 g/mol. The summed E-state index contributed by atoms with van der Waals surface area (Å²) in [5.41, 5.74) is 3.32. The molecule has 3 rings (SSSR count). The zero-order valence-electron chi connectivity index (χ0n) is 15.4. The van der Waals surface area contributed by atoms with E-state index in [1.165, 1.54) is 17.6 Å². The summed E-state index contributed by atoms with van der Waals surface area (Å²) in [5.74, 6) is 0.160. The zero-order chi connectivity index (χ0) is 19.4. The van der Waals surface area contributed by atoms with Crippen molar-refractivity contribution in [3.05, 3.63) is 70.1 Å². The molecule has 0 aliphatic carbocycles. The Morgan fingerprint density at radius 3 is 2.70 bits per heavy atom. The van der Waals surface area contributed by atoms with Crippen LogP contribution in [0.3, 0.4) is 0 Å². The summed E-state index contributed by atoms with van der Waals surface area (Å²) in [5, 5.41) is 7.95. The predicted molar refractivity (Wildman–Crippen MR) is 105 cm³/mol. The average Bonchev–Trinajstić information content (AvgIpc) is 3.23. The standard InChI is InChI=1S/C20H21N3O3S/c1-12-6-4-5-7-16(12)13(2)21-18(24)10-15-11-27-20(22-15)23-19(25)17-8-9-26-14(17)3/h4-9,11,13H,10H2,1-3H3,(H,21,24)(H,22,23,25)/t13-/m1/s1. The summed E-state index contributed by atoms with van der Waals surface area (Å²) in [6.07, 6.45) is 1.63. The van der Waals surface area contributed by atoms with Crippen molar-refractivity contribution >= 4 is 28.3 Å². The molecule has 3 aromatic rings. The molecule has 0 saturated heterocycles. The summed E-state index contributed by atoms with van der Waals surface area (Å²) in [6.45, 7) is 5.71. The molecule has 0 aliphatic heterocycles. The van der Waals surface area contributed by atoms with Crippen LogP contribution in [0, 0.1) is 13.8 Å². The first-order valence-corrected chi connectivity index (χ1v) is 9.46. The summed E-state index contributed by atoms with van der Waals surface area (Å²) in [7, 11) is 0. The van der Waals surface area contributed by atoms with Crippen molar-refractivity contribution in [3.8, 4) is 0 Å². The van der Waals surface area contributed by atoms with Crippen LogP contribution in [0.15, 0.2) is 46.4 Å². The van der Waals surface area contributed by atoms with E-state index in [0.29, 0.717) is 22.1 Å². The Kier molecular flexibility index (Phi) is 5.71. The first kappa shape index (κ1) is 18.8. The van der Waals surface area contributed by atoms with Crippen molar-refractivity contribution in [2.45, 2.75) is 33.2 Å². The van der Waals surface area contributed by atoms with Crippen LogP contribution in [0.2, 0.25) is 0 Å². The molecule has 1 atom stereocenters. The fourth-order valence-corrected chi connectivity index (χ4v) is 3.54. The van der Waals surface area contributed by atoms with Crippen molar-refractivity contribution in [2.24, 2.45) is 0 Å². The van der Waals surface area contributed by atoms with Crippen molar-refractivity contribution in [2.75, 3.05) is 5.32 Å². The van der Waals surface area contributed by atoms with Crippen LogP contribution in [0.5, 0.6) is 0 Å². The minimum atomic E-state index is -0.278. The quantitative estimate of drug-likeness (QED) is 0.673. The molecule has 27 heavy (non-hydrogen) atoms. The van der Waals surface area contributed by atoms with Crippen LogP contribution in [-0.4, -0.2) is 16.8 Å². The Hall–Kier alpha value is -2.93. The molecule has 0 radical (unpaired) electrons. The third kappa shape index (κ3) is 4.62. The van der Waals surface area contributed by atoms with Crippen LogP contribution in [0.1, 0.15) is 45.9 Å². The molecular formula is C20H21N3O3S. The molecule has 2 amide bonds. The molecule has 2 heterocycles. The van der Waals surface area contributed by atoms with Gasteiger partial charge in [0.15, 0.2) is 5.13 Å². The van der Waals surface area contributed by atoms with Crippen LogP contribution >= 0.6 is 11.3 Å². The maximum atomic E-state index is 12.3. The van der Waals surface area contributed by atoms with Gasteiger partial charge in [0.2, 0.25) is 5.91 Å². The summed E-state index contributed by atoms with van der Waals surface area (Å²) >= 11 is 1.29. The van der Waals surface area contributed by atoms with Crippen molar-refractivity contribution in [1.82, 2.24) is 10.3 Å². The zero-order valence-corrected chi connectivity index (χ0v) is 16.2. The molecule has 0 fully saturated rings. The van der Waals surface area contributed by atoms with Gasteiger partial charge >= 0.3 is 0 Å². The largest absolute Gasteiger partial charge is 0.469 e. The molecule has 2 aromatic heterocycles. The van der Waals surface area contributed by atoms with Gasteiger partial charge in [-0.1, -0.05) is 24.3 Å². The highest BCUT2D eigenvalue weighted by Gasteiger charge is 2.16. The van der Waals surface area contributed by atoms with Gasteiger partial charge in [-0.3, -0.25) is 14.9 Å². The fourth-order valence-electron chi connectivity index (χ4n) is 2.84. The molecule has 6 nitrogen and oxygen atoms in total. The van der Waals surface area contributed by atoms with Crippen LogP contribution in [0.25, 0.3) is 0 Å². The maximum Gasteiger partial charge on any atom is 0.260 e. The van der Waals surface area contributed by atoms with Crippen LogP contribution < -0.4 is 10.6 Å². The molecule has 0 unspecified atom stereocenters. The van der Waals surface area contributed by atoms with Gasteiger partial charge in [-0.25, -0.2) is 4.98 Å². The van der Waals surface area contributed by atoms with Gasteiger partial charge in [-0.15, -0.1) is 11.3 Å². The summed E-state index contributed by atoms with van der Waals surface area (Å²) < 4.78 is 5.13. The first-order valence-electron chi connectivity index (χ1n) is 8.58. The van der Waals surface area contributed by atoms with E-state index in [0.717, 1.165) is 11.1 Å². The van der Waals surface area contributed by atoms with Gasteiger partial charge in [-0.05, 0) is 38.0 Å². The second-order valence-electron chi connectivity index (χ2n) is 6.31. The highest BCUT2D eigenvalue weighted by Crippen LogP contribution is 2.20. The summed E-state index contributed by atoms with van der Waals surface area (Å²) in [4.78, 5) is 28.8. The number of amides is 2. The number of aromatic nitrogens is 1. The normalized spacial score (nSPS) is 11.8.